The third-order valence-corrected chi connectivity index (χ3v) is 2.37. The third-order valence-electron chi connectivity index (χ3n) is 2.37. The average molecular weight is 251 g/mol. The second kappa shape index (κ2) is 5.90. The summed E-state index contributed by atoms with van der Waals surface area (Å²) in [5.74, 6) is -0.176. The van der Waals surface area contributed by atoms with Crippen molar-refractivity contribution >= 4 is 17.5 Å². The van der Waals surface area contributed by atoms with Crippen molar-refractivity contribution in [3.05, 3.63) is 23.8 Å². The largest absolute Gasteiger partial charge is 0.496 e. The number of nitrogens with zero attached hydrogens (tertiary/aromatic N) is 1. The number of nitrogen functional groups attached to an aromatic ring is 1. The van der Waals surface area contributed by atoms with E-state index in [2.05, 4.69) is 5.32 Å². The summed E-state index contributed by atoms with van der Waals surface area (Å²) in [6.07, 6.45) is 0. The molecule has 0 heterocycles. The Labute approximate surface area is 106 Å². The molecule has 0 saturated carbocycles. The van der Waals surface area contributed by atoms with Gasteiger partial charge in [0, 0.05) is 25.8 Å². The van der Waals surface area contributed by atoms with Gasteiger partial charge in [0.15, 0.2) is 0 Å². The Morgan fingerprint density at radius 1 is 1.39 bits per heavy atom. The lowest BCUT2D eigenvalue weighted by molar-refractivity contribution is -0.127. The van der Waals surface area contributed by atoms with Gasteiger partial charge in [-0.3, -0.25) is 9.59 Å². The first kappa shape index (κ1) is 13.8. The Kier molecular flexibility index (Phi) is 4.53. The highest BCUT2D eigenvalue weighted by Crippen LogP contribution is 2.21. The number of hydrogen-bond donors (Lipinski definition) is 2. The standard InChI is InChI=1S/C12H17N3O3/c1-15(2)11(16)7-14-12(17)9-5-4-8(13)6-10(9)18-3/h4-6H,7,13H2,1-3H3,(H,14,17). The van der Waals surface area contributed by atoms with Gasteiger partial charge in [0.25, 0.3) is 5.91 Å². The summed E-state index contributed by atoms with van der Waals surface area (Å²) >= 11 is 0. The van der Waals surface area contributed by atoms with Gasteiger partial charge in [-0.1, -0.05) is 0 Å². The number of anilines is 1. The van der Waals surface area contributed by atoms with E-state index in [4.69, 9.17) is 10.5 Å². The fourth-order valence-electron chi connectivity index (χ4n) is 1.30. The van der Waals surface area contributed by atoms with Gasteiger partial charge in [-0.25, -0.2) is 0 Å². The van der Waals surface area contributed by atoms with Crippen molar-refractivity contribution in [2.75, 3.05) is 33.5 Å². The molecule has 0 atom stereocenters. The zero-order valence-corrected chi connectivity index (χ0v) is 10.7. The number of nitrogens with two attached hydrogens (primary N) is 1. The molecule has 2 amide bonds. The number of nitrogens with one attached hydrogen (secondary N) is 1. The van der Waals surface area contributed by atoms with Crippen LogP contribution in [-0.4, -0.2) is 44.5 Å². The first-order valence-electron chi connectivity index (χ1n) is 5.37. The summed E-state index contributed by atoms with van der Waals surface area (Å²) in [5, 5.41) is 2.52. The highest BCUT2D eigenvalue weighted by atomic mass is 16.5. The minimum atomic E-state index is -0.373. The van der Waals surface area contributed by atoms with Gasteiger partial charge in [0.05, 0.1) is 19.2 Å². The highest BCUT2D eigenvalue weighted by molar-refractivity contribution is 5.99. The summed E-state index contributed by atoms with van der Waals surface area (Å²) in [6.45, 7) is -0.0562. The molecule has 0 aliphatic carbocycles. The minimum absolute atomic E-state index is 0.0562. The van der Waals surface area contributed by atoms with Crippen molar-refractivity contribution in [2.24, 2.45) is 0 Å². The van der Waals surface area contributed by atoms with Gasteiger partial charge in [0.1, 0.15) is 5.75 Å². The molecule has 0 spiro atoms. The quantitative estimate of drug-likeness (QED) is 0.743. The van der Waals surface area contributed by atoms with Crippen LogP contribution < -0.4 is 15.8 Å². The van der Waals surface area contributed by atoms with E-state index in [0.29, 0.717) is 17.0 Å². The molecule has 1 aromatic carbocycles. The van der Waals surface area contributed by atoms with Gasteiger partial charge in [-0.05, 0) is 12.1 Å². The second-order valence-corrected chi connectivity index (χ2v) is 3.93. The van der Waals surface area contributed by atoms with Crippen LogP contribution in [0, 0.1) is 0 Å². The molecule has 0 unspecified atom stereocenters. The van der Waals surface area contributed by atoms with E-state index in [1.807, 2.05) is 0 Å². The molecule has 6 heteroatoms. The molecule has 0 aliphatic heterocycles. The highest BCUT2D eigenvalue weighted by Gasteiger charge is 2.13. The van der Waals surface area contributed by atoms with Crippen molar-refractivity contribution < 1.29 is 14.3 Å². The summed E-state index contributed by atoms with van der Waals surface area (Å²) in [6, 6.07) is 4.72. The molecule has 0 aliphatic rings. The van der Waals surface area contributed by atoms with Gasteiger partial charge in [-0.2, -0.15) is 0 Å². The second-order valence-electron chi connectivity index (χ2n) is 3.93. The van der Waals surface area contributed by atoms with E-state index >= 15 is 0 Å². The number of amides is 2. The summed E-state index contributed by atoms with van der Waals surface area (Å²) in [4.78, 5) is 24.6. The predicted molar refractivity (Wildman–Crippen MR) is 68.4 cm³/mol. The van der Waals surface area contributed by atoms with Crippen LogP contribution in [0.15, 0.2) is 18.2 Å². The number of benzene rings is 1. The van der Waals surface area contributed by atoms with E-state index in [9.17, 15) is 9.59 Å². The normalized spacial score (nSPS) is 9.72. The van der Waals surface area contributed by atoms with E-state index in [-0.39, 0.29) is 18.4 Å². The Hall–Kier alpha value is -2.24. The van der Waals surface area contributed by atoms with Crippen molar-refractivity contribution in [3.8, 4) is 5.75 Å². The van der Waals surface area contributed by atoms with E-state index in [1.54, 1.807) is 32.3 Å². The number of ether oxygens (including phenoxy) is 1. The Bertz CT molecular complexity index is 458. The monoisotopic (exact) mass is 251 g/mol. The molecule has 0 aromatic heterocycles. The fraction of sp³-hybridized carbons (Fsp3) is 0.333. The van der Waals surface area contributed by atoms with Crippen molar-refractivity contribution in [1.29, 1.82) is 0 Å². The average Bonchev–Trinajstić information content (AvgIpc) is 2.34. The van der Waals surface area contributed by atoms with Gasteiger partial charge in [-0.15, -0.1) is 0 Å². The number of carbonyl (C=O) groups is 2. The van der Waals surface area contributed by atoms with Gasteiger partial charge in [0.2, 0.25) is 5.91 Å². The zero-order valence-electron chi connectivity index (χ0n) is 10.7. The smallest absolute Gasteiger partial charge is 0.255 e. The summed E-state index contributed by atoms with van der Waals surface area (Å²) < 4.78 is 5.07. The van der Waals surface area contributed by atoms with Gasteiger partial charge < -0.3 is 20.7 Å². The maximum absolute atomic E-state index is 11.9. The first-order valence-corrected chi connectivity index (χ1v) is 5.37. The lowest BCUT2D eigenvalue weighted by Crippen LogP contribution is -2.36. The Morgan fingerprint density at radius 3 is 2.61 bits per heavy atom. The van der Waals surface area contributed by atoms with Crippen molar-refractivity contribution in [1.82, 2.24) is 10.2 Å². The van der Waals surface area contributed by atoms with Gasteiger partial charge >= 0.3 is 0 Å². The fourth-order valence-corrected chi connectivity index (χ4v) is 1.30. The van der Waals surface area contributed by atoms with Crippen LogP contribution in [0.3, 0.4) is 0 Å². The third kappa shape index (κ3) is 3.38. The lowest BCUT2D eigenvalue weighted by atomic mass is 10.1. The number of methoxy groups -OCH3 is 1. The van der Waals surface area contributed by atoms with Crippen LogP contribution >= 0.6 is 0 Å². The van der Waals surface area contributed by atoms with E-state index < -0.39 is 0 Å². The molecule has 18 heavy (non-hydrogen) atoms. The molecule has 0 saturated heterocycles. The molecule has 0 fully saturated rings. The maximum Gasteiger partial charge on any atom is 0.255 e. The minimum Gasteiger partial charge on any atom is -0.496 e. The molecule has 3 N–H and O–H groups in total. The topological polar surface area (TPSA) is 84.7 Å². The number of likely N-dealkylation sites (N-methyl/N-ethyl adjacent to an activating group) is 1. The van der Waals surface area contributed by atoms with Crippen molar-refractivity contribution in [2.45, 2.75) is 0 Å². The van der Waals surface area contributed by atoms with Crippen molar-refractivity contribution in [3.63, 3.8) is 0 Å². The maximum atomic E-state index is 11.9. The SMILES string of the molecule is COc1cc(N)ccc1C(=O)NCC(=O)N(C)C. The zero-order chi connectivity index (χ0) is 13.7. The molecule has 98 valence electrons. The van der Waals surface area contributed by atoms with Crippen LogP contribution in [0.25, 0.3) is 0 Å². The molecule has 0 bridgehead atoms. The molecule has 1 aromatic rings. The number of rotatable bonds is 4. The molecule has 1 rings (SSSR count). The van der Waals surface area contributed by atoms with Crippen LogP contribution in [0.2, 0.25) is 0 Å². The van der Waals surface area contributed by atoms with E-state index in [0.717, 1.165) is 0 Å². The molecular weight excluding hydrogens is 234 g/mol. The Morgan fingerprint density at radius 2 is 2.06 bits per heavy atom. The molecular formula is C12H17N3O3. The van der Waals surface area contributed by atoms with Crippen LogP contribution in [0.5, 0.6) is 5.75 Å². The number of hydrogen-bond acceptors (Lipinski definition) is 4. The first-order chi connectivity index (χ1) is 8.45. The number of carbonyl (C=O) groups excluding carboxylic acids is 2. The summed E-state index contributed by atoms with van der Waals surface area (Å²) in [7, 11) is 4.70. The predicted octanol–water partition coefficient (Wildman–Crippen LogP) is 0.0954. The molecule has 0 radical (unpaired) electrons. The van der Waals surface area contributed by atoms with E-state index in [1.165, 1.54) is 12.0 Å². The van der Waals surface area contributed by atoms with Crippen LogP contribution in [-0.2, 0) is 4.79 Å². The van der Waals surface area contributed by atoms with Crippen LogP contribution in [0.1, 0.15) is 10.4 Å². The van der Waals surface area contributed by atoms with Crippen LogP contribution in [0.4, 0.5) is 5.69 Å². The lowest BCUT2D eigenvalue weighted by Gasteiger charge is -2.12. The summed E-state index contributed by atoms with van der Waals surface area (Å²) in [5.41, 5.74) is 6.45. The molecule has 6 nitrogen and oxygen atoms in total. The Balaban J connectivity index is 2.75.